The van der Waals surface area contributed by atoms with E-state index in [1.807, 2.05) is 0 Å². The molecule has 2 aromatic rings. The molecule has 0 spiro atoms. The average Bonchev–Trinajstić information content (AvgIpc) is 2.64. The number of nitrogens with zero attached hydrogens (tertiary/aromatic N) is 2. The molecule has 1 aromatic heterocycles. The molecule has 1 aromatic carbocycles. The van der Waals surface area contributed by atoms with E-state index in [0.29, 0.717) is 16.3 Å². The third-order valence-corrected chi connectivity index (χ3v) is 4.39. The second-order valence-corrected chi connectivity index (χ2v) is 6.01. The van der Waals surface area contributed by atoms with Crippen LogP contribution in [-0.4, -0.2) is 17.4 Å². The topological polar surface area (TPSA) is 52.0 Å². The zero-order valence-corrected chi connectivity index (χ0v) is 11.0. The van der Waals surface area contributed by atoms with Crippen LogP contribution in [-0.2, 0) is 10.0 Å². The highest BCUT2D eigenvalue weighted by Gasteiger charge is 2.19. The van der Waals surface area contributed by atoms with E-state index in [4.69, 9.17) is 11.6 Å². The van der Waals surface area contributed by atoms with Gasteiger partial charge >= 0.3 is 0 Å². The van der Waals surface area contributed by atoms with E-state index in [1.54, 1.807) is 26.0 Å². The van der Waals surface area contributed by atoms with E-state index in [9.17, 15) is 8.42 Å². The van der Waals surface area contributed by atoms with E-state index in [-0.39, 0.29) is 4.90 Å². The second-order valence-electron chi connectivity index (χ2n) is 3.76. The highest BCUT2D eigenvalue weighted by molar-refractivity contribution is 7.90. The fraction of sp³-hybridized carbons (Fsp3) is 0.182. The molecule has 0 aliphatic carbocycles. The molecular formula is C11H11ClN2O2S. The molecule has 0 unspecified atom stereocenters. The largest absolute Gasteiger partial charge is 0.269 e. The van der Waals surface area contributed by atoms with Gasteiger partial charge < -0.3 is 0 Å². The van der Waals surface area contributed by atoms with E-state index in [0.717, 1.165) is 3.97 Å². The van der Waals surface area contributed by atoms with E-state index in [2.05, 4.69) is 4.98 Å². The van der Waals surface area contributed by atoms with Crippen molar-refractivity contribution < 1.29 is 8.42 Å². The smallest absolute Gasteiger partial charge is 0.241 e. The predicted molar refractivity (Wildman–Crippen MR) is 65.7 cm³/mol. The Morgan fingerprint density at radius 1 is 1.29 bits per heavy atom. The van der Waals surface area contributed by atoms with Crippen LogP contribution < -0.4 is 0 Å². The van der Waals surface area contributed by atoms with Gasteiger partial charge in [0.2, 0.25) is 0 Å². The SMILES string of the molecule is Cc1cn(S(=O)(=O)c2ccc(Cl)cc2C)cn1. The molecule has 6 heteroatoms. The summed E-state index contributed by atoms with van der Waals surface area (Å²) < 4.78 is 25.6. The first-order valence-electron chi connectivity index (χ1n) is 4.93. The normalized spacial score (nSPS) is 11.7. The fourth-order valence-corrected chi connectivity index (χ4v) is 3.17. The van der Waals surface area contributed by atoms with Crippen molar-refractivity contribution in [3.63, 3.8) is 0 Å². The summed E-state index contributed by atoms with van der Waals surface area (Å²) in [5.74, 6) is 0. The van der Waals surface area contributed by atoms with Crippen LogP contribution in [0.3, 0.4) is 0 Å². The van der Waals surface area contributed by atoms with Crippen LogP contribution in [0, 0.1) is 13.8 Å². The zero-order chi connectivity index (χ0) is 12.6. The first kappa shape index (κ1) is 12.1. The summed E-state index contributed by atoms with van der Waals surface area (Å²) >= 11 is 5.80. The van der Waals surface area contributed by atoms with Gasteiger partial charge in [0, 0.05) is 11.2 Å². The molecule has 0 fully saturated rings. The summed E-state index contributed by atoms with van der Waals surface area (Å²) in [6.07, 6.45) is 2.77. The van der Waals surface area contributed by atoms with Crippen molar-refractivity contribution in [1.82, 2.24) is 8.96 Å². The lowest BCUT2D eigenvalue weighted by atomic mass is 10.2. The number of rotatable bonds is 2. The van der Waals surface area contributed by atoms with Crippen LogP contribution in [0.5, 0.6) is 0 Å². The van der Waals surface area contributed by atoms with Crippen LogP contribution in [0.2, 0.25) is 5.02 Å². The van der Waals surface area contributed by atoms with Crippen LogP contribution in [0.15, 0.2) is 35.6 Å². The summed E-state index contributed by atoms with van der Waals surface area (Å²) in [4.78, 5) is 4.15. The van der Waals surface area contributed by atoms with Gasteiger partial charge in [-0.15, -0.1) is 0 Å². The molecule has 0 atom stereocenters. The number of imidazole rings is 1. The molecule has 1 heterocycles. The molecule has 0 aliphatic heterocycles. The second kappa shape index (κ2) is 4.16. The zero-order valence-electron chi connectivity index (χ0n) is 9.38. The molecule has 2 rings (SSSR count). The highest BCUT2D eigenvalue weighted by Crippen LogP contribution is 2.21. The van der Waals surface area contributed by atoms with Crippen molar-refractivity contribution >= 4 is 21.6 Å². The minimum Gasteiger partial charge on any atom is -0.241 e. The lowest BCUT2D eigenvalue weighted by Crippen LogP contribution is -2.12. The van der Waals surface area contributed by atoms with Crippen molar-refractivity contribution in [2.24, 2.45) is 0 Å². The van der Waals surface area contributed by atoms with Gasteiger partial charge in [0.05, 0.1) is 10.6 Å². The van der Waals surface area contributed by atoms with Crippen LogP contribution in [0.1, 0.15) is 11.3 Å². The summed E-state index contributed by atoms with van der Waals surface area (Å²) in [5, 5.41) is 0.517. The van der Waals surface area contributed by atoms with Crippen molar-refractivity contribution in [2.45, 2.75) is 18.7 Å². The molecule has 0 radical (unpaired) electrons. The van der Waals surface area contributed by atoms with Crippen molar-refractivity contribution in [2.75, 3.05) is 0 Å². The molecule has 90 valence electrons. The lowest BCUT2D eigenvalue weighted by Gasteiger charge is -2.08. The Kier molecular flexibility index (Phi) is 2.97. The Bertz CT molecular complexity index is 662. The highest BCUT2D eigenvalue weighted by atomic mass is 35.5. The molecule has 0 aliphatic rings. The van der Waals surface area contributed by atoms with Gasteiger partial charge in [-0.1, -0.05) is 11.6 Å². The van der Waals surface area contributed by atoms with Crippen molar-refractivity contribution in [3.8, 4) is 0 Å². The summed E-state index contributed by atoms with van der Waals surface area (Å²) in [6.45, 7) is 3.45. The van der Waals surface area contributed by atoms with Gasteiger partial charge in [0.15, 0.2) is 0 Å². The van der Waals surface area contributed by atoms with Gasteiger partial charge in [-0.2, -0.15) is 0 Å². The Hall–Kier alpha value is -1.33. The summed E-state index contributed by atoms with van der Waals surface area (Å²) in [6, 6.07) is 4.69. The minimum absolute atomic E-state index is 0.235. The Morgan fingerprint density at radius 2 is 2.00 bits per heavy atom. The summed E-state index contributed by atoms with van der Waals surface area (Å²) in [7, 11) is -3.57. The summed E-state index contributed by atoms with van der Waals surface area (Å²) in [5.41, 5.74) is 1.27. The molecule has 0 bridgehead atoms. The number of aryl methyl sites for hydroxylation is 2. The molecular weight excluding hydrogens is 260 g/mol. The molecule has 17 heavy (non-hydrogen) atoms. The predicted octanol–water partition coefficient (Wildman–Crippen LogP) is 2.39. The van der Waals surface area contributed by atoms with Gasteiger partial charge in [-0.25, -0.2) is 17.4 Å². The number of aromatic nitrogens is 2. The number of benzene rings is 1. The quantitative estimate of drug-likeness (QED) is 0.842. The standard InChI is InChI=1S/C11H11ClN2O2S/c1-8-5-10(12)3-4-11(8)17(15,16)14-6-9(2)13-7-14/h3-7H,1-2H3. The van der Waals surface area contributed by atoms with Crippen molar-refractivity contribution in [1.29, 1.82) is 0 Å². The molecule has 0 amide bonds. The van der Waals surface area contributed by atoms with E-state index in [1.165, 1.54) is 18.6 Å². The van der Waals surface area contributed by atoms with Gasteiger partial charge in [0.1, 0.15) is 6.33 Å². The van der Waals surface area contributed by atoms with Gasteiger partial charge in [-0.05, 0) is 37.6 Å². The lowest BCUT2D eigenvalue weighted by molar-refractivity contribution is 0.586. The Labute approximate surface area is 105 Å². The maximum Gasteiger partial charge on any atom is 0.269 e. The molecule has 0 saturated carbocycles. The third-order valence-electron chi connectivity index (χ3n) is 2.38. The molecule has 0 N–H and O–H groups in total. The molecule has 0 saturated heterocycles. The third kappa shape index (κ3) is 2.21. The number of hydrogen-bond donors (Lipinski definition) is 0. The maximum absolute atomic E-state index is 12.3. The fourth-order valence-electron chi connectivity index (χ4n) is 1.55. The first-order valence-corrected chi connectivity index (χ1v) is 6.75. The average molecular weight is 271 g/mol. The number of hydrogen-bond acceptors (Lipinski definition) is 3. The van der Waals surface area contributed by atoms with E-state index >= 15 is 0 Å². The van der Waals surface area contributed by atoms with Crippen molar-refractivity contribution in [3.05, 3.63) is 47.0 Å². The van der Waals surface area contributed by atoms with Gasteiger partial charge in [0.25, 0.3) is 10.0 Å². The van der Waals surface area contributed by atoms with Crippen LogP contribution >= 0.6 is 11.6 Å². The van der Waals surface area contributed by atoms with Gasteiger partial charge in [-0.3, -0.25) is 0 Å². The number of halogens is 1. The minimum atomic E-state index is -3.57. The maximum atomic E-state index is 12.3. The van der Waals surface area contributed by atoms with Crippen LogP contribution in [0.4, 0.5) is 0 Å². The Morgan fingerprint density at radius 3 is 2.53 bits per heavy atom. The monoisotopic (exact) mass is 270 g/mol. The van der Waals surface area contributed by atoms with E-state index < -0.39 is 10.0 Å². The first-order chi connectivity index (χ1) is 7.91. The Balaban J connectivity index is 2.60. The molecule has 4 nitrogen and oxygen atoms in total. The van der Waals surface area contributed by atoms with Crippen LogP contribution in [0.25, 0.3) is 0 Å².